The molecule has 1 saturated heterocycles. The van der Waals surface area contributed by atoms with Crippen LogP contribution in [0.25, 0.3) is 22.1 Å². The molecule has 5 rings (SSSR count). The van der Waals surface area contributed by atoms with Crippen molar-refractivity contribution in [3.63, 3.8) is 0 Å². The van der Waals surface area contributed by atoms with Gasteiger partial charge in [0.1, 0.15) is 22.3 Å². The van der Waals surface area contributed by atoms with E-state index in [-0.39, 0.29) is 9.92 Å². The van der Waals surface area contributed by atoms with E-state index in [0.717, 1.165) is 16.5 Å². The number of hydrogen-bond donors (Lipinski definition) is 0. The van der Waals surface area contributed by atoms with Crippen LogP contribution in [0.3, 0.4) is 0 Å². The second-order valence-corrected chi connectivity index (χ2v) is 9.11. The molecule has 0 spiro atoms. The van der Waals surface area contributed by atoms with Crippen LogP contribution < -0.4 is 4.90 Å². The summed E-state index contributed by atoms with van der Waals surface area (Å²) in [6.45, 7) is 1.65. The number of aromatic nitrogens is 2. The molecule has 0 bridgehead atoms. The Balaban J connectivity index is 1.43. The Morgan fingerprint density at radius 1 is 0.931 bits per heavy atom. The van der Waals surface area contributed by atoms with E-state index in [2.05, 4.69) is 9.97 Å². The number of furan rings is 1. The number of benzene rings is 2. The Kier molecular flexibility index (Phi) is 4.42. The summed E-state index contributed by atoms with van der Waals surface area (Å²) >= 11 is 6.11. The fraction of sp³-hybridized carbons (Fsp3) is 0.200. The third-order valence-electron chi connectivity index (χ3n) is 5.13. The summed E-state index contributed by atoms with van der Waals surface area (Å²) in [6, 6.07) is 14.2. The van der Waals surface area contributed by atoms with Gasteiger partial charge in [0.15, 0.2) is 11.4 Å². The molecular weight excluding hydrogens is 412 g/mol. The highest BCUT2D eigenvalue weighted by atomic mass is 35.5. The Morgan fingerprint density at radius 3 is 2.45 bits per heavy atom. The van der Waals surface area contributed by atoms with Gasteiger partial charge in [0, 0.05) is 31.6 Å². The van der Waals surface area contributed by atoms with Crippen LogP contribution in [-0.4, -0.2) is 48.9 Å². The summed E-state index contributed by atoms with van der Waals surface area (Å²) in [4.78, 5) is 11.0. The number of piperazine rings is 1. The van der Waals surface area contributed by atoms with Crippen LogP contribution in [0.2, 0.25) is 5.02 Å². The highest BCUT2D eigenvalue weighted by Crippen LogP contribution is 2.33. The second kappa shape index (κ2) is 6.98. The van der Waals surface area contributed by atoms with E-state index >= 15 is 0 Å². The number of para-hydroxylation sites is 1. The van der Waals surface area contributed by atoms with Crippen molar-refractivity contribution in [3.8, 4) is 0 Å². The van der Waals surface area contributed by atoms with Crippen molar-refractivity contribution in [3.05, 3.63) is 59.9 Å². The molecule has 4 aromatic rings. The average molecular weight is 429 g/mol. The Labute approximate surface area is 172 Å². The van der Waals surface area contributed by atoms with E-state index in [9.17, 15) is 8.42 Å². The third-order valence-corrected chi connectivity index (χ3v) is 7.53. The van der Waals surface area contributed by atoms with Gasteiger partial charge in [-0.25, -0.2) is 18.4 Å². The highest BCUT2D eigenvalue weighted by molar-refractivity contribution is 7.89. The fourth-order valence-electron chi connectivity index (χ4n) is 3.67. The van der Waals surface area contributed by atoms with Gasteiger partial charge >= 0.3 is 0 Å². The number of rotatable bonds is 3. The van der Waals surface area contributed by atoms with Crippen LogP contribution in [0, 0.1) is 0 Å². The van der Waals surface area contributed by atoms with Crippen molar-refractivity contribution in [1.29, 1.82) is 0 Å². The van der Waals surface area contributed by atoms with E-state index in [4.69, 9.17) is 16.0 Å². The topological polar surface area (TPSA) is 79.5 Å². The predicted octanol–water partition coefficient (Wildman–Crippen LogP) is 3.54. The summed E-state index contributed by atoms with van der Waals surface area (Å²) < 4.78 is 33.4. The molecule has 0 amide bonds. The number of nitrogens with zero attached hydrogens (tertiary/aromatic N) is 4. The largest absolute Gasteiger partial charge is 0.450 e. The molecule has 1 fully saturated rings. The molecule has 3 heterocycles. The molecule has 0 atom stereocenters. The standard InChI is InChI=1S/C20H17ClN4O3S/c21-15-6-2-4-8-17(15)29(26,27)25-11-9-24(10-12-25)20-19-18(22-13-23-20)14-5-1-3-7-16(14)28-19/h1-8,13H,9-12H2. The zero-order chi connectivity index (χ0) is 20.0. The normalized spacial score (nSPS) is 16.0. The highest BCUT2D eigenvalue weighted by Gasteiger charge is 2.31. The van der Waals surface area contributed by atoms with Crippen molar-refractivity contribution in [2.45, 2.75) is 4.90 Å². The monoisotopic (exact) mass is 428 g/mol. The minimum Gasteiger partial charge on any atom is -0.450 e. The molecule has 0 unspecified atom stereocenters. The van der Waals surface area contributed by atoms with E-state index in [1.54, 1.807) is 18.2 Å². The van der Waals surface area contributed by atoms with Gasteiger partial charge in [-0.15, -0.1) is 0 Å². The van der Waals surface area contributed by atoms with Crippen molar-refractivity contribution in [2.75, 3.05) is 31.1 Å². The number of hydrogen-bond acceptors (Lipinski definition) is 6. The lowest BCUT2D eigenvalue weighted by Gasteiger charge is -2.34. The molecule has 1 aliphatic heterocycles. The molecule has 148 valence electrons. The second-order valence-electron chi connectivity index (χ2n) is 6.79. The van der Waals surface area contributed by atoms with Crippen LogP contribution in [0.5, 0.6) is 0 Å². The summed E-state index contributed by atoms with van der Waals surface area (Å²) in [7, 11) is -3.64. The van der Waals surface area contributed by atoms with Crippen LogP contribution in [-0.2, 0) is 10.0 Å². The van der Waals surface area contributed by atoms with E-state index in [0.29, 0.717) is 37.6 Å². The molecule has 2 aromatic heterocycles. The molecule has 29 heavy (non-hydrogen) atoms. The SMILES string of the molecule is O=S(=O)(c1ccccc1Cl)N1CCN(c2ncnc3c2oc2ccccc23)CC1. The minimum absolute atomic E-state index is 0.136. The summed E-state index contributed by atoms with van der Waals surface area (Å²) in [5.41, 5.74) is 2.14. The molecular formula is C20H17ClN4O3S. The fourth-order valence-corrected chi connectivity index (χ4v) is 5.59. The van der Waals surface area contributed by atoms with Gasteiger partial charge in [0.25, 0.3) is 0 Å². The van der Waals surface area contributed by atoms with Gasteiger partial charge in [-0.05, 0) is 24.3 Å². The quantitative estimate of drug-likeness (QED) is 0.496. The Bertz CT molecular complexity index is 1310. The third kappa shape index (κ3) is 3.04. The van der Waals surface area contributed by atoms with Gasteiger partial charge in [-0.1, -0.05) is 35.9 Å². The van der Waals surface area contributed by atoms with Gasteiger partial charge in [0.2, 0.25) is 10.0 Å². The number of fused-ring (bicyclic) bond motifs is 3. The first-order valence-corrected chi connectivity index (χ1v) is 11.0. The number of halogens is 1. The van der Waals surface area contributed by atoms with Crippen LogP contribution in [0.1, 0.15) is 0 Å². The maximum absolute atomic E-state index is 13.0. The summed E-state index contributed by atoms with van der Waals surface area (Å²) in [6.07, 6.45) is 1.52. The lowest BCUT2D eigenvalue weighted by atomic mass is 10.2. The summed E-state index contributed by atoms with van der Waals surface area (Å²) in [5.74, 6) is 0.681. The number of sulfonamides is 1. The van der Waals surface area contributed by atoms with Crippen LogP contribution >= 0.6 is 11.6 Å². The molecule has 0 saturated carbocycles. The van der Waals surface area contributed by atoms with Crippen molar-refractivity contribution in [1.82, 2.24) is 14.3 Å². The van der Waals surface area contributed by atoms with Gasteiger partial charge in [-0.3, -0.25) is 0 Å². The van der Waals surface area contributed by atoms with Crippen molar-refractivity contribution < 1.29 is 12.8 Å². The van der Waals surface area contributed by atoms with Gasteiger partial charge < -0.3 is 9.32 Å². The van der Waals surface area contributed by atoms with Crippen molar-refractivity contribution >= 4 is 49.5 Å². The zero-order valence-electron chi connectivity index (χ0n) is 15.3. The molecule has 2 aromatic carbocycles. The number of anilines is 1. The van der Waals surface area contributed by atoms with E-state index in [1.165, 1.54) is 16.7 Å². The lowest BCUT2D eigenvalue weighted by molar-refractivity contribution is 0.383. The summed E-state index contributed by atoms with van der Waals surface area (Å²) in [5, 5.41) is 1.17. The molecule has 0 radical (unpaired) electrons. The van der Waals surface area contributed by atoms with E-state index in [1.807, 2.05) is 29.2 Å². The zero-order valence-corrected chi connectivity index (χ0v) is 16.9. The maximum atomic E-state index is 13.0. The van der Waals surface area contributed by atoms with Gasteiger partial charge in [0.05, 0.1) is 5.02 Å². The first-order chi connectivity index (χ1) is 14.1. The Morgan fingerprint density at radius 2 is 1.66 bits per heavy atom. The first-order valence-electron chi connectivity index (χ1n) is 9.17. The van der Waals surface area contributed by atoms with Gasteiger partial charge in [-0.2, -0.15) is 4.31 Å². The minimum atomic E-state index is -3.64. The van der Waals surface area contributed by atoms with Crippen molar-refractivity contribution in [2.24, 2.45) is 0 Å². The molecule has 0 aliphatic carbocycles. The van der Waals surface area contributed by atoms with E-state index < -0.39 is 10.0 Å². The Hall–Kier alpha value is -2.68. The lowest BCUT2D eigenvalue weighted by Crippen LogP contribution is -2.49. The average Bonchev–Trinajstić information content (AvgIpc) is 3.13. The molecule has 9 heteroatoms. The van der Waals surface area contributed by atoms with Crippen LogP contribution in [0.15, 0.2) is 64.2 Å². The maximum Gasteiger partial charge on any atom is 0.244 e. The molecule has 7 nitrogen and oxygen atoms in total. The smallest absolute Gasteiger partial charge is 0.244 e. The van der Waals surface area contributed by atoms with Crippen LogP contribution in [0.4, 0.5) is 5.82 Å². The predicted molar refractivity (Wildman–Crippen MR) is 112 cm³/mol. The molecule has 0 N–H and O–H groups in total. The molecule has 1 aliphatic rings. The first kappa shape index (κ1) is 18.4.